The fraction of sp³-hybridized carbons (Fsp3) is 0.348. The molecule has 1 aliphatic heterocycles. The van der Waals surface area contributed by atoms with Gasteiger partial charge in [-0.15, -0.1) is 0 Å². The normalized spacial score (nSPS) is 18.6. The van der Waals surface area contributed by atoms with Gasteiger partial charge in [0.1, 0.15) is 5.82 Å². The van der Waals surface area contributed by atoms with Crippen LogP contribution in [0.1, 0.15) is 16.8 Å². The number of halogens is 1. The van der Waals surface area contributed by atoms with E-state index < -0.39 is 0 Å². The zero-order chi connectivity index (χ0) is 19.1. The lowest BCUT2D eigenvalue weighted by atomic mass is 10.1. The summed E-state index contributed by atoms with van der Waals surface area (Å²) in [5.41, 5.74) is 3.96. The molecule has 1 fully saturated rings. The first-order valence-corrected chi connectivity index (χ1v) is 10.0. The molecule has 1 aliphatic carbocycles. The van der Waals surface area contributed by atoms with Crippen molar-refractivity contribution in [3.8, 4) is 0 Å². The highest BCUT2D eigenvalue weighted by molar-refractivity contribution is 5.78. The van der Waals surface area contributed by atoms with E-state index in [-0.39, 0.29) is 11.2 Å². The molecule has 2 aliphatic rings. The fourth-order valence-electron chi connectivity index (χ4n) is 4.70. The second-order valence-electron chi connectivity index (χ2n) is 7.96. The van der Waals surface area contributed by atoms with E-state index in [1.54, 1.807) is 18.2 Å². The Morgan fingerprint density at radius 3 is 2.39 bits per heavy atom. The Bertz CT molecular complexity index is 1040. The molecule has 2 aromatic carbocycles. The van der Waals surface area contributed by atoms with Gasteiger partial charge < -0.3 is 4.98 Å². The van der Waals surface area contributed by atoms with Gasteiger partial charge in [0.15, 0.2) is 5.43 Å². The van der Waals surface area contributed by atoms with Crippen molar-refractivity contribution in [3.05, 3.63) is 81.4 Å². The lowest BCUT2D eigenvalue weighted by Gasteiger charge is -2.38. The number of aromatic amines is 1. The van der Waals surface area contributed by atoms with Crippen LogP contribution < -0.4 is 5.43 Å². The van der Waals surface area contributed by atoms with Gasteiger partial charge in [0.25, 0.3) is 0 Å². The summed E-state index contributed by atoms with van der Waals surface area (Å²) in [4.78, 5) is 20.4. The molecule has 0 atom stereocenters. The Labute approximate surface area is 163 Å². The van der Waals surface area contributed by atoms with Crippen LogP contribution in [0.15, 0.2) is 53.3 Å². The smallest absolute Gasteiger partial charge is 0.189 e. The molecule has 0 saturated carbocycles. The molecule has 0 unspecified atom stereocenters. The molecule has 0 spiro atoms. The number of nitrogens with one attached hydrogen (secondary N) is 1. The number of rotatable bonds is 3. The summed E-state index contributed by atoms with van der Waals surface area (Å²) in [5, 5.41) is 0.411. The maximum Gasteiger partial charge on any atom is 0.189 e. The molecular weight excluding hydrogens is 353 g/mol. The number of hydrogen-bond donors (Lipinski definition) is 1. The Morgan fingerprint density at radius 1 is 0.964 bits per heavy atom. The quantitative estimate of drug-likeness (QED) is 0.763. The maximum absolute atomic E-state index is 14.1. The van der Waals surface area contributed by atoms with Gasteiger partial charge in [-0.3, -0.25) is 14.6 Å². The first kappa shape index (κ1) is 17.6. The topological polar surface area (TPSA) is 39.3 Å². The molecule has 0 bridgehead atoms. The number of nitrogens with zero attached hydrogens (tertiary/aromatic N) is 2. The van der Waals surface area contributed by atoms with Crippen LogP contribution in [0.25, 0.3) is 10.9 Å². The van der Waals surface area contributed by atoms with Crippen molar-refractivity contribution in [2.45, 2.75) is 25.4 Å². The molecule has 1 N–H and O–H groups in total. The first-order valence-electron chi connectivity index (χ1n) is 10.0. The van der Waals surface area contributed by atoms with E-state index >= 15 is 0 Å². The van der Waals surface area contributed by atoms with Crippen molar-refractivity contribution in [1.82, 2.24) is 14.8 Å². The zero-order valence-corrected chi connectivity index (χ0v) is 15.8. The molecular formula is C23H24FN3O. The van der Waals surface area contributed by atoms with E-state index in [0.717, 1.165) is 44.7 Å². The Morgan fingerprint density at radius 2 is 1.68 bits per heavy atom. The van der Waals surface area contributed by atoms with Crippen LogP contribution in [0.5, 0.6) is 0 Å². The molecule has 4 nitrogen and oxygen atoms in total. The lowest BCUT2D eigenvalue weighted by molar-refractivity contribution is 0.0942. The Kier molecular flexibility index (Phi) is 4.49. The molecule has 5 heteroatoms. The minimum atomic E-state index is -0.373. The van der Waals surface area contributed by atoms with Gasteiger partial charge in [0, 0.05) is 55.9 Å². The number of pyridine rings is 1. The van der Waals surface area contributed by atoms with Crippen LogP contribution in [0.4, 0.5) is 4.39 Å². The van der Waals surface area contributed by atoms with Crippen LogP contribution in [0.2, 0.25) is 0 Å². The third-order valence-electron chi connectivity index (χ3n) is 6.22. The highest BCUT2D eigenvalue weighted by Crippen LogP contribution is 2.26. The van der Waals surface area contributed by atoms with Crippen LogP contribution in [-0.2, 0) is 19.4 Å². The highest BCUT2D eigenvalue weighted by atomic mass is 19.1. The number of aromatic nitrogens is 1. The van der Waals surface area contributed by atoms with Crippen LogP contribution in [0, 0.1) is 5.82 Å². The number of piperazine rings is 1. The van der Waals surface area contributed by atoms with E-state index in [4.69, 9.17) is 0 Å². The van der Waals surface area contributed by atoms with Gasteiger partial charge in [-0.25, -0.2) is 4.39 Å². The van der Waals surface area contributed by atoms with Gasteiger partial charge in [0.2, 0.25) is 0 Å². The summed E-state index contributed by atoms with van der Waals surface area (Å²) in [5.74, 6) is -0.373. The van der Waals surface area contributed by atoms with E-state index in [9.17, 15) is 9.18 Å². The number of benzene rings is 2. The predicted octanol–water partition coefficient (Wildman–Crippen LogP) is 2.95. The van der Waals surface area contributed by atoms with Crippen molar-refractivity contribution in [2.24, 2.45) is 0 Å². The average Bonchev–Trinajstić information content (AvgIpc) is 3.14. The van der Waals surface area contributed by atoms with Crippen molar-refractivity contribution in [1.29, 1.82) is 0 Å². The van der Waals surface area contributed by atoms with Crippen LogP contribution in [0.3, 0.4) is 0 Å². The second kappa shape index (κ2) is 7.15. The Hall–Kier alpha value is -2.50. The van der Waals surface area contributed by atoms with Gasteiger partial charge in [0.05, 0.1) is 5.52 Å². The molecule has 2 heterocycles. The van der Waals surface area contributed by atoms with E-state index in [1.807, 2.05) is 0 Å². The van der Waals surface area contributed by atoms with E-state index in [2.05, 4.69) is 39.0 Å². The average molecular weight is 377 g/mol. The number of fused-ring (bicyclic) bond motifs is 2. The maximum atomic E-state index is 14.1. The number of para-hydroxylation sites is 1. The predicted molar refractivity (Wildman–Crippen MR) is 109 cm³/mol. The summed E-state index contributed by atoms with van der Waals surface area (Å²) >= 11 is 0. The lowest BCUT2D eigenvalue weighted by Crippen LogP contribution is -2.50. The molecule has 144 valence electrons. The minimum absolute atomic E-state index is 0.120. The molecule has 5 rings (SSSR count). The van der Waals surface area contributed by atoms with Crippen molar-refractivity contribution < 1.29 is 4.39 Å². The molecule has 0 amide bonds. The van der Waals surface area contributed by atoms with Gasteiger partial charge >= 0.3 is 0 Å². The first-order chi connectivity index (χ1) is 13.7. The number of hydrogen-bond acceptors (Lipinski definition) is 3. The largest absolute Gasteiger partial charge is 0.355 e. The van der Waals surface area contributed by atoms with Crippen LogP contribution in [-0.4, -0.2) is 47.0 Å². The molecule has 3 aromatic rings. The third-order valence-corrected chi connectivity index (χ3v) is 6.22. The molecule has 1 aromatic heterocycles. The van der Waals surface area contributed by atoms with Crippen molar-refractivity contribution in [3.63, 3.8) is 0 Å². The van der Waals surface area contributed by atoms with Crippen molar-refractivity contribution in [2.75, 3.05) is 26.2 Å². The molecule has 0 radical (unpaired) electrons. The monoisotopic (exact) mass is 377 g/mol. The second-order valence-corrected chi connectivity index (χ2v) is 7.96. The molecule has 28 heavy (non-hydrogen) atoms. The molecule has 1 saturated heterocycles. The Balaban J connectivity index is 1.24. The van der Waals surface area contributed by atoms with Crippen LogP contribution >= 0.6 is 0 Å². The van der Waals surface area contributed by atoms with Gasteiger partial charge in [-0.2, -0.15) is 0 Å². The summed E-state index contributed by atoms with van der Waals surface area (Å²) in [7, 11) is 0. The summed E-state index contributed by atoms with van der Waals surface area (Å²) in [6.45, 7) is 4.64. The fourth-order valence-corrected chi connectivity index (χ4v) is 4.70. The highest BCUT2D eigenvalue weighted by Gasteiger charge is 2.29. The zero-order valence-electron chi connectivity index (χ0n) is 15.8. The SMILES string of the molecule is O=c1cc(CN2CCN(C3Cc4ccccc4C3)CC2)[nH]c2c(F)cccc12. The van der Waals surface area contributed by atoms with E-state index in [1.165, 1.54) is 17.2 Å². The third kappa shape index (κ3) is 3.25. The summed E-state index contributed by atoms with van der Waals surface area (Å²) in [6, 6.07) is 15.6. The minimum Gasteiger partial charge on any atom is -0.355 e. The standard InChI is InChI=1S/C23H24FN3O/c24-21-7-3-6-20-22(28)14-18(25-23(20)21)15-26-8-10-27(11-9-26)19-12-16-4-1-2-5-17(16)13-19/h1-7,14,19H,8-13,15H2,(H,25,28). The summed E-state index contributed by atoms with van der Waals surface area (Å²) in [6.07, 6.45) is 2.29. The van der Waals surface area contributed by atoms with E-state index in [0.29, 0.717) is 23.5 Å². The van der Waals surface area contributed by atoms with Crippen molar-refractivity contribution >= 4 is 10.9 Å². The van der Waals surface area contributed by atoms with Gasteiger partial charge in [-0.1, -0.05) is 30.3 Å². The number of H-pyrrole nitrogens is 1. The van der Waals surface area contributed by atoms with Gasteiger partial charge in [-0.05, 0) is 36.1 Å². The summed E-state index contributed by atoms with van der Waals surface area (Å²) < 4.78 is 14.1.